The number of benzene rings is 1. The molecular weight excluding hydrogens is 474 g/mol. The number of amidine groups is 1. The Kier molecular flexibility index (Phi) is 11.9. The maximum atomic E-state index is 9.91. The van der Waals surface area contributed by atoms with Crippen molar-refractivity contribution in [2.24, 2.45) is 10.7 Å². The van der Waals surface area contributed by atoms with E-state index in [-0.39, 0.29) is 18.6 Å². The van der Waals surface area contributed by atoms with Gasteiger partial charge in [-0.25, -0.2) is 9.98 Å². The molecule has 0 aliphatic heterocycles. The molecule has 4 N–H and O–H groups in total. The van der Waals surface area contributed by atoms with Gasteiger partial charge in [0.1, 0.15) is 17.5 Å². The molecule has 1 aromatic carbocycles. The zero-order valence-electron chi connectivity index (χ0n) is 24.5. The first-order chi connectivity index (χ1) is 18.0. The van der Waals surface area contributed by atoms with E-state index in [2.05, 4.69) is 72.9 Å². The minimum absolute atomic E-state index is 0.00767. The Morgan fingerprint density at radius 3 is 2.50 bits per heavy atom. The van der Waals surface area contributed by atoms with Crippen LogP contribution >= 0.6 is 0 Å². The highest BCUT2D eigenvalue weighted by Gasteiger charge is 2.23. The van der Waals surface area contributed by atoms with Crippen LogP contribution in [0.2, 0.25) is 0 Å². The third-order valence-corrected chi connectivity index (χ3v) is 6.60. The fourth-order valence-corrected chi connectivity index (χ4v) is 4.49. The molecule has 2 rings (SSSR count). The van der Waals surface area contributed by atoms with Crippen LogP contribution < -0.4 is 16.0 Å². The maximum Gasteiger partial charge on any atom is 0.229 e. The summed E-state index contributed by atoms with van der Waals surface area (Å²) in [4.78, 5) is 18.1. The largest absolute Gasteiger partial charge is 0.396 e. The lowest BCUT2D eigenvalue weighted by atomic mass is 9.89. The molecule has 2 atom stereocenters. The summed E-state index contributed by atoms with van der Waals surface area (Å²) >= 11 is 0. The maximum absolute atomic E-state index is 9.91. The Morgan fingerprint density at radius 2 is 1.95 bits per heavy atom. The molecule has 1 aromatic heterocycles. The van der Waals surface area contributed by atoms with E-state index < -0.39 is 0 Å². The molecule has 8 heteroatoms. The molecular formula is C30H47N7O. The highest BCUT2D eigenvalue weighted by atomic mass is 16.3. The molecule has 1 heterocycles. The smallest absolute Gasteiger partial charge is 0.229 e. The van der Waals surface area contributed by atoms with E-state index >= 15 is 0 Å². The van der Waals surface area contributed by atoms with Crippen LogP contribution in [0.3, 0.4) is 0 Å². The minimum atomic E-state index is -0.167. The molecule has 0 spiro atoms. The Morgan fingerprint density at radius 1 is 1.24 bits per heavy atom. The summed E-state index contributed by atoms with van der Waals surface area (Å²) in [6.45, 7) is 17.5. The number of nitrogens with one attached hydrogen (secondary N) is 1. The quantitative estimate of drug-likeness (QED) is 0.217. The van der Waals surface area contributed by atoms with Crippen LogP contribution in [0.15, 0.2) is 53.9 Å². The second kappa shape index (κ2) is 14.6. The minimum Gasteiger partial charge on any atom is -0.396 e. The van der Waals surface area contributed by atoms with Crippen LogP contribution in [0.5, 0.6) is 0 Å². The standard InChI is InChI=1S/C30H47N7O/c1-10-12-28(31)33-23(7)37(20(3)4)29-27(22(6)19-38)18-32-30(35-29)34-25-13-14-26(21(5)17-25)24(11-2)15-16-36(8)9/h10,12-14,17-18,20,22,24,38H,7,11,15-16,19H2,1-6,8-9H3,(H2,31,33)(H,32,34,35)/b12-10-/t22-,24?/m0/s1. The molecule has 208 valence electrons. The Bertz CT molecular complexity index is 1120. The number of anilines is 3. The van der Waals surface area contributed by atoms with Crippen molar-refractivity contribution >= 4 is 23.3 Å². The number of allylic oxidation sites excluding steroid dienone is 1. The van der Waals surface area contributed by atoms with E-state index in [1.165, 1.54) is 11.1 Å². The summed E-state index contributed by atoms with van der Waals surface area (Å²) in [5.74, 6) is 2.29. The summed E-state index contributed by atoms with van der Waals surface area (Å²) in [6.07, 6.45) is 7.56. The molecule has 1 unspecified atom stereocenters. The normalized spacial score (nSPS) is 13.8. The average Bonchev–Trinajstić information content (AvgIpc) is 2.85. The SMILES string of the molecule is C=C(/N=C(N)\C=C/C)N(c1nc(Nc2ccc(C(CC)CCN(C)C)c(C)c2)ncc1[C@@H](C)CO)C(C)C. The van der Waals surface area contributed by atoms with E-state index in [9.17, 15) is 5.11 Å². The van der Waals surface area contributed by atoms with E-state index in [0.29, 0.717) is 29.3 Å². The molecule has 0 saturated carbocycles. The molecule has 0 aliphatic rings. The van der Waals surface area contributed by atoms with Crippen molar-refractivity contribution in [3.63, 3.8) is 0 Å². The monoisotopic (exact) mass is 521 g/mol. The van der Waals surface area contributed by atoms with Gasteiger partial charge in [0.15, 0.2) is 0 Å². The fraction of sp³-hybridized carbons (Fsp3) is 0.500. The lowest BCUT2D eigenvalue weighted by Crippen LogP contribution is -2.32. The first-order valence-electron chi connectivity index (χ1n) is 13.5. The molecule has 8 nitrogen and oxygen atoms in total. The molecule has 0 amide bonds. The van der Waals surface area contributed by atoms with Crippen molar-refractivity contribution in [1.82, 2.24) is 14.9 Å². The van der Waals surface area contributed by atoms with Gasteiger partial charge in [0.2, 0.25) is 5.95 Å². The number of aliphatic hydroxyl groups is 1. The number of nitrogens with zero attached hydrogens (tertiary/aromatic N) is 5. The van der Waals surface area contributed by atoms with Crippen molar-refractivity contribution in [1.29, 1.82) is 0 Å². The number of nitrogens with two attached hydrogens (primary N) is 1. The number of aryl methyl sites for hydroxylation is 1. The van der Waals surface area contributed by atoms with Crippen LogP contribution in [-0.4, -0.2) is 59.1 Å². The van der Waals surface area contributed by atoms with Gasteiger partial charge in [-0.1, -0.05) is 32.6 Å². The van der Waals surface area contributed by atoms with Crippen LogP contribution in [0.4, 0.5) is 17.5 Å². The molecule has 0 fully saturated rings. The highest BCUT2D eigenvalue weighted by molar-refractivity contribution is 5.92. The molecule has 38 heavy (non-hydrogen) atoms. The summed E-state index contributed by atoms with van der Waals surface area (Å²) in [7, 11) is 4.24. The number of aromatic nitrogens is 2. The summed E-state index contributed by atoms with van der Waals surface area (Å²) < 4.78 is 0. The fourth-order valence-electron chi connectivity index (χ4n) is 4.49. The number of aliphatic hydroxyl groups excluding tert-OH is 1. The first kappa shape index (κ1) is 31.0. The van der Waals surface area contributed by atoms with Crippen molar-refractivity contribution in [2.75, 3.05) is 37.5 Å². The number of aliphatic imine (C=N–C) groups is 1. The van der Waals surface area contributed by atoms with Crippen LogP contribution in [0, 0.1) is 6.92 Å². The lowest BCUT2D eigenvalue weighted by molar-refractivity contribution is 0.272. The lowest BCUT2D eigenvalue weighted by Gasteiger charge is -2.30. The average molecular weight is 522 g/mol. The van der Waals surface area contributed by atoms with E-state index in [0.717, 1.165) is 30.6 Å². The Hall–Kier alpha value is -3.23. The predicted octanol–water partition coefficient (Wildman–Crippen LogP) is 5.69. The van der Waals surface area contributed by atoms with E-state index in [1.807, 2.05) is 38.7 Å². The van der Waals surface area contributed by atoms with Crippen molar-refractivity contribution < 1.29 is 5.11 Å². The molecule has 2 aromatic rings. The zero-order valence-corrected chi connectivity index (χ0v) is 24.5. The van der Waals surface area contributed by atoms with Crippen LogP contribution in [-0.2, 0) is 0 Å². The summed E-state index contributed by atoms with van der Waals surface area (Å²) in [6, 6.07) is 6.45. The van der Waals surface area contributed by atoms with Gasteiger partial charge in [0, 0.05) is 36.0 Å². The van der Waals surface area contributed by atoms with E-state index in [4.69, 9.17) is 10.7 Å². The van der Waals surface area contributed by atoms with Gasteiger partial charge in [0.05, 0.1) is 0 Å². The number of hydrogen-bond acceptors (Lipinski definition) is 7. The highest BCUT2D eigenvalue weighted by Crippen LogP contribution is 2.32. The van der Waals surface area contributed by atoms with Crippen molar-refractivity contribution in [3.8, 4) is 0 Å². The summed E-state index contributed by atoms with van der Waals surface area (Å²) in [5.41, 5.74) is 10.4. The van der Waals surface area contributed by atoms with Gasteiger partial charge >= 0.3 is 0 Å². The van der Waals surface area contributed by atoms with Gasteiger partial charge < -0.3 is 26.0 Å². The zero-order chi connectivity index (χ0) is 28.4. The Balaban J connectivity index is 2.45. The second-order valence-corrected chi connectivity index (χ2v) is 10.4. The predicted molar refractivity (Wildman–Crippen MR) is 161 cm³/mol. The van der Waals surface area contributed by atoms with Gasteiger partial charge in [-0.3, -0.25) is 0 Å². The summed E-state index contributed by atoms with van der Waals surface area (Å²) in [5, 5.41) is 13.3. The van der Waals surface area contributed by atoms with Gasteiger partial charge in [0.25, 0.3) is 0 Å². The van der Waals surface area contributed by atoms with Gasteiger partial charge in [-0.15, -0.1) is 0 Å². The molecule has 0 bridgehead atoms. The van der Waals surface area contributed by atoms with Crippen molar-refractivity contribution in [2.45, 2.75) is 72.3 Å². The van der Waals surface area contributed by atoms with Gasteiger partial charge in [-0.2, -0.15) is 4.98 Å². The third kappa shape index (κ3) is 8.39. The van der Waals surface area contributed by atoms with E-state index in [1.54, 1.807) is 12.3 Å². The third-order valence-electron chi connectivity index (χ3n) is 6.60. The topological polar surface area (TPSA) is 103 Å². The number of rotatable bonds is 14. The van der Waals surface area contributed by atoms with Crippen molar-refractivity contribution in [3.05, 3.63) is 65.6 Å². The van der Waals surface area contributed by atoms with Crippen LogP contribution in [0.25, 0.3) is 0 Å². The Labute approximate surface area is 229 Å². The number of hydrogen-bond donors (Lipinski definition) is 3. The molecule has 0 saturated heterocycles. The second-order valence-electron chi connectivity index (χ2n) is 10.4. The molecule has 0 aliphatic carbocycles. The first-order valence-corrected chi connectivity index (χ1v) is 13.5. The van der Waals surface area contributed by atoms with Gasteiger partial charge in [-0.05, 0) is 96.4 Å². The van der Waals surface area contributed by atoms with Crippen LogP contribution in [0.1, 0.15) is 76.0 Å². The molecule has 0 radical (unpaired) electrons.